The maximum Gasteiger partial charge on any atom is 0.131 e. The molecule has 3 aromatic carbocycles. The van der Waals surface area contributed by atoms with Crippen LogP contribution in [-0.2, 0) is 0 Å². The molecule has 0 saturated carbocycles. The summed E-state index contributed by atoms with van der Waals surface area (Å²) in [6, 6.07) is 25.5. The van der Waals surface area contributed by atoms with Crippen LogP contribution in [0.4, 0.5) is 5.00 Å². The third-order valence-electron chi connectivity index (χ3n) is 5.26. The van der Waals surface area contributed by atoms with Gasteiger partial charge in [0.05, 0.1) is 5.56 Å². The summed E-state index contributed by atoms with van der Waals surface area (Å²) in [5.41, 5.74) is 7.05. The summed E-state index contributed by atoms with van der Waals surface area (Å²) >= 11 is 1.62. The monoisotopic (exact) mass is 397 g/mol. The fourth-order valence-corrected chi connectivity index (χ4v) is 4.68. The van der Waals surface area contributed by atoms with Gasteiger partial charge in [0.25, 0.3) is 0 Å². The maximum absolute atomic E-state index is 11.1. The van der Waals surface area contributed by atoms with Gasteiger partial charge in [-0.2, -0.15) is 0 Å². The number of hydrogen-bond donors (Lipinski definition) is 3. The lowest BCUT2D eigenvalue weighted by atomic mass is 9.94. The van der Waals surface area contributed by atoms with Crippen molar-refractivity contribution >= 4 is 27.7 Å². The lowest BCUT2D eigenvalue weighted by Gasteiger charge is -2.20. The Hall–Kier alpha value is -3.50. The molecule has 0 unspecified atom stereocenters. The quantitative estimate of drug-likeness (QED) is 0.363. The van der Waals surface area contributed by atoms with Crippen molar-refractivity contribution in [1.29, 1.82) is 0 Å². The molecule has 1 aliphatic heterocycles. The largest absolute Gasteiger partial charge is 0.508 e. The summed E-state index contributed by atoms with van der Waals surface area (Å²) in [4.78, 5) is 0. The van der Waals surface area contributed by atoms with E-state index in [0.29, 0.717) is 12.3 Å². The number of fused-ring (bicyclic) bond motifs is 1. The first-order valence-electron chi connectivity index (χ1n) is 9.44. The smallest absolute Gasteiger partial charge is 0.131 e. The van der Waals surface area contributed by atoms with Crippen LogP contribution in [0.5, 0.6) is 5.75 Å². The average Bonchev–Trinajstić information content (AvgIpc) is 3.20. The van der Waals surface area contributed by atoms with Crippen LogP contribution in [-0.4, -0.2) is 16.8 Å². The van der Waals surface area contributed by atoms with Gasteiger partial charge in [-0.1, -0.05) is 66.7 Å². The van der Waals surface area contributed by atoms with E-state index in [9.17, 15) is 10.2 Å². The standard InChI is InChI=1S/C25H19NO2S/c27-20-12-10-17(11-13-20)16-6-8-19(9-7-16)22-15-29-25-23(22)24(28)21(14-26-25)18-4-2-1-3-5-18/h1-13,15,26-28H,14H2. The molecule has 0 aliphatic carbocycles. The number of aromatic hydroxyl groups is 1. The Labute approximate surface area is 173 Å². The molecule has 1 aliphatic rings. The fourth-order valence-electron chi connectivity index (χ4n) is 3.71. The Morgan fingerprint density at radius 3 is 2.00 bits per heavy atom. The SMILES string of the molecule is OC1=C(c2ccccc2)CNc2scc(-c3ccc(-c4ccc(O)cc4)cc3)c21. The second-order valence-electron chi connectivity index (χ2n) is 7.02. The third kappa shape index (κ3) is 3.18. The highest BCUT2D eigenvalue weighted by Gasteiger charge is 2.24. The fraction of sp³-hybridized carbons (Fsp3) is 0.0400. The van der Waals surface area contributed by atoms with Crippen molar-refractivity contribution in [1.82, 2.24) is 0 Å². The van der Waals surface area contributed by atoms with Crippen molar-refractivity contribution in [3.63, 3.8) is 0 Å². The van der Waals surface area contributed by atoms with E-state index in [1.807, 2.05) is 42.5 Å². The molecule has 3 N–H and O–H groups in total. The normalized spacial score (nSPS) is 13.1. The molecule has 0 saturated heterocycles. The molecule has 0 amide bonds. The minimum absolute atomic E-state index is 0.263. The van der Waals surface area contributed by atoms with Gasteiger partial charge >= 0.3 is 0 Å². The van der Waals surface area contributed by atoms with Crippen molar-refractivity contribution in [2.75, 3.05) is 11.9 Å². The first-order chi connectivity index (χ1) is 14.2. The van der Waals surface area contributed by atoms with E-state index in [4.69, 9.17) is 0 Å². The van der Waals surface area contributed by atoms with Crippen LogP contribution in [0.25, 0.3) is 33.6 Å². The zero-order chi connectivity index (χ0) is 19.8. The van der Waals surface area contributed by atoms with Crippen molar-refractivity contribution in [2.45, 2.75) is 0 Å². The summed E-state index contributed by atoms with van der Waals surface area (Å²) in [7, 11) is 0. The summed E-state index contributed by atoms with van der Waals surface area (Å²) in [6.45, 7) is 0.614. The number of phenols is 1. The Balaban J connectivity index is 1.54. The van der Waals surface area contributed by atoms with Gasteiger partial charge in [-0.3, -0.25) is 0 Å². The van der Waals surface area contributed by atoms with E-state index in [-0.39, 0.29) is 5.75 Å². The predicted octanol–water partition coefficient (Wildman–Crippen LogP) is 6.64. The second-order valence-corrected chi connectivity index (χ2v) is 7.90. The molecule has 4 heteroatoms. The summed E-state index contributed by atoms with van der Waals surface area (Å²) in [5, 5.41) is 27.1. The molecule has 2 heterocycles. The number of benzene rings is 3. The number of thiophene rings is 1. The minimum atomic E-state index is 0.263. The van der Waals surface area contributed by atoms with E-state index in [1.54, 1.807) is 23.5 Å². The van der Waals surface area contributed by atoms with Gasteiger partial charge in [-0.15, -0.1) is 11.3 Å². The summed E-state index contributed by atoms with van der Waals surface area (Å²) in [5.74, 6) is 0.614. The molecule has 0 fully saturated rings. The first kappa shape index (κ1) is 17.6. The molecule has 0 atom stereocenters. The van der Waals surface area contributed by atoms with Gasteiger partial charge in [0.1, 0.15) is 16.5 Å². The van der Waals surface area contributed by atoms with Crippen LogP contribution in [0.1, 0.15) is 11.1 Å². The molecule has 0 radical (unpaired) electrons. The molecule has 4 aromatic rings. The van der Waals surface area contributed by atoms with Gasteiger partial charge in [-0.05, 0) is 34.4 Å². The Morgan fingerprint density at radius 2 is 1.31 bits per heavy atom. The van der Waals surface area contributed by atoms with E-state index in [1.165, 1.54) is 0 Å². The van der Waals surface area contributed by atoms with Crippen molar-refractivity contribution < 1.29 is 10.2 Å². The van der Waals surface area contributed by atoms with Crippen molar-refractivity contribution in [2.24, 2.45) is 0 Å². The number of nitrogens with one attached hydrogen (secondary N) is 1. The third-order valence-corrected chi connectivity index (χ3v) is 6.20. The van der Waals surface area contributed by atoms with Crippen molar-refractivity contribution in [3.05, 3.63) is 95.4 Å². The van der Waals surface area contributed by atoms with Gasteiger partial charge in [0, 0.05) is 23.1 Å². The number of anilines is 1. The lowest BCUT2D eigenvalue weighted by molar-refractivity contribution is 0.475. The Bertz CT molecular complexity index is 1190. The maximum atomic E-state index is 11.1. The number of rotatable bonds is 3. The van der Waals surface area contributed by atoms with E-state index < -0.39 is 0 Å². The van der Waals surface area contributed by atoms with Crippen LogP contribution >= 0.6 is 11.3 Å². The topological polar surface area (TPSA) is 52.5 Å². The van der Waals surface area contributed by atoms with Crippen LogP contribution in [0, 0.1) is 0 Å². The molecule has 29 heavy (non-hydrogen) atoms. The highest BCUT2D eigenvalue weighted by Crippen LogP contribution is 2.44. The van der Waals surface area contributed by atoms with Crippen LogP contribution in [0.3, 0.4) is 0 Å². The highest BCUT2D eigenvalue weighted by molar-refractivity contribution is 7.15. The first-order valence-corrected chi connectivity index (χ1v) is 10.3. The molecule has 142 valence electrons. The molecule has 3 nitrogen and oxygen atoms in total. The molecule has 0 bridgehead atoms. The summed E-state index contributed by atoms with van der Waals surface area (Å²) in [6.07, 6.45) is 0. The number of hydrogen-bond acceptors (Lipinski definition) is 4. The number of aliphatic hydroxyl groups is 1. The highest BCUT2D eigenvalue weighted by atomic mass is 32.1. The van der Waals surface area contributed by atoms with Gasteiger partial charge in [0.15, 0.2) is 0 Å². The lowest BCUT2D eigenvalue weighted by Crippen LogP contribution is -2.12. The zero-order valence-corrected chi connectivity index (χ0v) is 16.4. The molecule has 5 rings (SSSR count). The van der Waals surface area contributed by atoms with Gasteiger partial charge < -0.3 is 15.5 Å². The predicted molar refractivity (Wildman–Crippen MR) is 121 cm³/mol. The molecule has 1 aromatic heterocycles. The zero-order valence-electron chi connectivity index (χ0n) is 15.6. The average molecular weight is 397 g/mol. The van der Waals surface area contributed by atoms with E-state index >= 15 is 0 Å². The molecule has 0 spiro atoms. The Kier molecular flexibility index (Phi) is 4.34. The van der Waals surface area contributed by atoms with E-state index in [0.717, 1.165) is 44.0 Å². The summed E-state index contributed by atoms with van der Waals surface area (Å²) < 4.78 is 0. The van der Waals surface area contributed by atoms with Crippen LogP contribution in [0.15, 0.2) is 84.2 Å². The molecular weight excluding hydrogens is 378 g/mol. The Morgan fingerprint density at radius 1 is 0.690 bits per heavy atom. The minimum Gasteiger partial charge on any atom is -0.508 e. The number of phenolic OH excluding ortho intramolecular Hbond substituents is 1. The van der Waals surface area contributed by atoms with Crippen molar-refractivity contribution in [3.8, 4) is 28.0 Å². The number of aliphatic hydroxyl groups excluding tert-OH is 1. The molecular formula is C25H19NO2S. The second kappa shape index (κ2) is 7.15. The van der Waals surface area contributed by atoms with E-state index in [2.05, 4.69) is 35.0 Å². The van der Waals surface area contributed by atoms with Crippen LogP contribution < -0.4 is 5.32 Å². The van der Waals surface area contributed by atoms with Crippen LogP contribution in [0.2, 0.25) is 0 Å². The van der Waals surface area contributed by atoms with Gasteiger partial charge in [0.2, 0.25) is 0 Å². The van der Waals surface area contributed by atoms with Gasteiger partial charge in [-0.25, -0.2) is 0 Å².